The van der Waals surface area contributed by atoms with Crippen molar-refractivity contribution in [2.75, 3.05) is 11.1 Å². The molecule has 2 rings (SSSR count). The molecular formula is C17H17F2NOS. The van der Waals surface area contributed by atoms with Crippen molar-refractivity contribution in [1.82, 2.24) is 0 Å². The number of benzene rings is 2. The number of hydrogen-bond donors (Lipinski definition) is 1. The van der Waals surface area contributed by atoms with Crippen LogP contribution in [0, 0.1) is 11.6 Å². The quantitative estimate of drug-likeness (QED) is 0.785. The Hall–Kier alpha value is -1.88. The first-order valence-corrected chi connectivity index (χ1v) is 8.04. The van der Waals surface area contributed by atoms with Gasteiger partial charge in [-0.2, -0.15) is 0 Å². The fraction of sp³-hybridized carbons (Fsp3) is 0.235. The van der Waals surface area contributed by atoms with Gasteiger partial charge in [-0.05, 0) is 36.2 Å². The Morgan fingerprint density at radius 3 is 2.64 bits per heavy atom. The lowest BCUT2D eigenvalue weighted by atomic mass is 10.1. The molecule has 0 aliphatic rings. The average molecular weight is 321 g/mol. The molecule has 0 saturated heterocycles. The number of aryl methyl sites for hydroxylation is 1. The molecule has 116 valence electrons. The Labute approximate surface area is 132 Å². The standard InChI is InChI=1S/C17H17F2NOS/c1-2-12-5-3-4-6-16(12)20-17(21)9-10-22-13-7-8-14(18)15(19)11-13/h3-8,11H,2,9-10H2,1H3,(H,20,21). The van der Waals surface area contributed by atoms with Crippen molar-refractivity contribution in [2.24, 2.45) is 0 Å². The summed E-state index contributed by atoms with van der Waals surface area (Å²) in [4.78, 5) is 12.5. The van der Waals surface area contributed by atoms with Crippen LogP contribution in [0.3, 0.4) is 0 Å². The van der Waals surface area contributed by atoms with Crippen molar-refractivity contribution in [3.8, 4) is 0 Å². The molecule has 1 N–H and O–H groups in total. The van der Waals surface area contributed by atoms with Crippen molar-refractivity contribution in [3.05, 3.63) is 59.7 Å². The SMILES string of the molecule is CCc1ccccc1NC(=O)CCSc1ccc(F)c(F)c1. The third-order valence-corrected chi connectivity index (χ3v) is 4.16. The van der Waals surface area contributed by atoms with Crippen molar-refractivity contribution in [1.29, 1.82) is 0 Å². The molecule has 0 aromatic heterocycles. The van der Waals surface area contributed by atoms with E-state index in [2.05, 4.69) is 5.32 Å². The van der Waals surface area contributed by atoms with Crippen LogP contribution in [-0.4, -0.2) is 11.7 Å². The summed E-state index contributed by atoms with van der Waals surface area (Å²) in [5, 5.41) is 2.88. The smallest absolute Gasteiger partial charge is 0.225 e. The molecule has 0 bridgehead atoms. The maximum atomic E-state index is 13.1. The van der Waals surface area contributed by atoms with Gasteiger partial charge in [0, 0.05) is 22.8 Å². The van der Waals surface area contributed by atoms with Crippen LogP contribution in [0.1, 0.15) is 18.9 Å². The number of hydrogen-bond acceptors (Lipinski definition) is 2. The largest absolute Gasteiger partial charge is 0.326 e. The van der Waals surface area contributed by atoms with Crippen molar-refractivity contribution in [3.63, 3.8) is 0 Å². The molecule has 0 aliphatic heterocycles. The lowest BCUT2D eigenvalue weighted by molar-refractivity contribution is -0.115. The fourth-order valence-electron chi connectivity index (χ4n) is 1.99. The fourth-order valence-corrected chi connectivity index (χ4v) is 2.87. The van der Waals surface area contributed by atoms with Gasteiger partial charge in [0.25, 0.3) is 0 Å². The Bertz CT molecular complexity index is 661. The van der Waals surface area contributed by atoms with Crippen LogP contribution in [0.2, 0.25) is 0 Å². The van der Waals surface area contributed by atoms with E-state index in [1.165, 1.54) is 17.8 Å². The van der Waals surface area contributed by atoms with Gasteiger partial charge in [-0.3, -0.25) is 4.79 Å². The number of carbonyl (C=O) groups excluding carboxylic acids is 1. The minimum atomic E-state index is -0.869. The van der Waals surface area contributed by atoms with E-state index in [0.29, 0.717) is 17.1 Å². The van der Waals surface area contributed by atoms with Gasteiger partial charge in [-0.1, -0.05) is 25.1 Å². The van der Waals surface area contributed by atoms with E-state index in [0.717, 1.165) is 29.8 Å². The number of carbonyl (C=O) groups is 1. The molecule has 0 aliphatic carbocycles. The molecule has 22 heavy (non-hydrogen) atoms. The number of amides is 1. The Morgan fingerprint density at radius 1 is 1.14 bits per heavy atom. The summed E-state index contributed by atoms with van der Waals surface area (Å²) in [6.07, 6.45) is 1.15. The molecule has 0 atom stereocenters. The molecule has 0 saturated carbocycles. The number of nitrogens with one attached hydrogen (secondary N) is 1. The first kappa shape index (κ1) is 16.5. The van der Waals surface area contributed by atoms with E-state index in [9.17, 15) is 13.6 Å². The summed E-state index contributed by atoms with van der Waals surface area (Å²) < 4.78 is 25.9. The monoisotopic (exact) mass is 321 g/mol. The summed E-state index contributed by atoms with van der Waals surface area (Å²) in [6, 6.07) is 11.4. The van der Waals surface area contributed by atoms with Crippen LogP contribution in [-0.2, 0) is 11.2 Å². The zero-order valence-electron chi connectivity index (χ0n) is 12.2. The Kier molecular flexibility index (Phi) is 5.95. The van der Waals surface area contributed by atoms with Gasteiger partial charge in [0.2, 0.25) is 5.91 Å². The van der Waals surface area contributed by atoms with Gasteiger partial charge in [0.15, 0.2) is 11.6 Å². The molecule has 1 amide bonds. The van der Waals surface area contributed by atoms with E-state index in [1.54, 1.807) is 0 Å². The molecule has 5 heteroatoms. The number of rotatable bonds is 6. The highest BCUT2D eigenvalue weighted by Crippen LogP contribution is 2.21. The van der Waals surface area contributed by atoms with E-state index in [-0.39, 0.29) is 5.91 Å². The highest BCUT2D eigenvalue weighted by molar-refractivity contribution is 7.99. The molecule has 0 unspecified atom stereocenters. The number of anilines is 1. The molecule has 2 aromatic carbocycles. The maximum Gasteiger partial charge on any atom is 0.225 e. The molecule has 0 radical (unpaired) electrons. The highest BCUT2D eigenvalue weighted by atomic mass is 32.2. The summed E-state index contributed by atoms with van der Waals surface area (Å²) in [5.74, 6) is -1.31. The van der Waals surface area contributed by atoms with Crippen LogP contribution in [0.4, 0.5) is 14.5 Å². The predicted octanol–water partition coefficient (Wildman–Crippen LogP) is 4.65. The normalized spacial score (nSPS) is 10.5. The maximum absolute atomic E-state index is 13.1. The van der Waals surface area contributed by atoms with E-state index < -0.39 is 11.6 Å². The molecule has 2 aromatic rings. The van der Waals surface area contributed by atoms with Gasteiger partial charge in [-0.15, -0.1) is 11.8 Å². The van der Waals surface area contributed by atoms with Crippen LogP contribution in [0.5, 0.6) is 0 Å². The topological polar surface area (TPSA) is 29.1 Å². The summed E-state index contributed by atoms with van der Waals surface area (Å²) in [6.45, 7) is 2.03. The summed E-state index contributed by atoms with van der Waals surface area (Å²) >= 11 is 1.32. The minimum Gasteiger partial charge on any atom is -0.326 e. The highest BCUT2D eigenvalue weighted by Gasteiger charge is 2.07. The predicted molar refractivity (Wildman–Crippen MR) is 86.1 cm³/mol. The number of para-hydroxylation sites is 1. The molecule has 0 heterocycles. The van der Waals surface area contributed by atoms with E-state index in [4.69, 9.17) is 0 Å². The van der Waals surface area contributed by atoms with E-state index in [1.807, 2.05) is 31.2 Å². The van der Waals surface area contributed by atoms with Crippen LogP contribution < -0.4 is 5.32 Å². The third-order valence-electron chi connectivity index (χ3n) is 3.16. The van der Waals surface area contributed by atoms with Crippen molar-refractivity contribution < 1.29 is 13.6 Å². The van der Waals surface area contributed by atoms with Gasteiger partial charge in [-0.25, -0.2) is 8.78 Å². The second kappa shape index (κ2) is 7.94. The van der Waals surface area contributed by atoms with Crippen LogP contribution in [0.25, 0.3) is 0 Å². The van der Waals surface area contributed by atoms with Gasteiger partial charge in [0.1, 0.15) is 0 Å². The second-order valence-electron chi connectivity index (χ2n) is 4.73. The zero-order chi connectivity index (χ0) is 15.9. The van der Waals surface area contributed by atoms with E-state index >= 15 is 0 Å². The first-order valence-electron chi connectivity index (χ1n) is 7.05. The van der Waals surface area contributed by atoms with Gasteiger partial charge >= 0.3 is 0 Å². The van der Waals surface area contributed by atoms with Crippen molar-refractivity contribution >= 4 is 23.4 Å². The van der Waals surface area contributed by atoms with Crippen molar-refractivity contribution in [2.45, 2.75) is 24.7 Å². The second-order valence-corrected chi connectivity index (χ2v) is 5.90. The zero-order valence-corrected chi connectivity index (χ0v) is 13.1. The molecule has 2 nitrogen and oxygen atoms in total. The molecular weight excluding hydrogens is 304 g/mol. The number of halogens is 2. The Morgan fingerprint density at radius 2 is 1.91 bits per heavy atom. The Balaban J connectivity index is 1.84. The summed E-state index contributed by atoms with van der Waals surface area (Å²) in [7, 11) is 0. The average Bonchev–Trinajstić information content (AvgIpc) is 2.51. The minimum absolute atomic E-state index is 0.0871. The lowest BCUT2D eigenvalue weighted by Gasteiger charge is -2.09. The summed E-state index contributed by atoms with van der Waals surface area (Å²) in [5.41, 5.74) is 1.91. The third kappa shape index (κ3) is 4.56. The van der Waals surface area contributed by atoms with Crippen LogP contribution in [0.15, 0.2) is 47.4 Å². The first-order chi connectivity index (χ1) is 10.6. The molecule has 0 spiro atoms. The van der Waals surface area contributed by atoms with Gasteiger partial charge in [0.05, 0.1) is 0 Å². The van der Waals surface area contributed by atoms with Crippen LogP contribution >= 0.6 is 11.8 Å². The molecule has 0 fully saturated rings. The number of thioether (sulfide) groups is 1. The van der Waals surface area contributed by atoms with Gasteiger partial charge < -0.3 is 5.32 Å². The lowest BCUT2D eigenvalue weighted by Crippen LogP contribution is -2.13.